The highest BCUT2D eigenvalue weighted by atomic mass is 32.2. The molecule has 1 saturated heterocycles. The molecule has 7 heteroatoms. The summed E-state index contributed by atoms with van der Waals surface area (Å²) in [7, 11) is 0.0172. The molecule has 23 heavy (non-hydrogen) atoms. The molecule has 2 rings (SSSR count). The first-order valence-electron chi connectivity index (χ1n) is 7.88. The second-order valence-corrected chi connectivity index (χ2v) is 7.70. The Bertz CT molecular complexity index is 583. The van der Waals surface area contributed by atoms with Crippen LogP contribution in [-0.4, -0.2) is 76.9 Å². The highest BCUT2D eigenvalue weighted by molar-refractivity contribution is 7.89. The Kier molecular flexibility index (Phi) is 6.83. The van der Waals surface area contributed by atoms with Gasteiger partial charge in [-0.2, -0.15) is 4.31 Å². The maximum absolute atomic E-state index is 12.1. The molecule has 0 bridgehead atoms. The summed E-state index contributed by atoms with van der Waals surface area (Å²) in [6, 6.07) is 8.02. The van der Waals surface area contributed by atoms with Crippen molar-refractivity contribution in [3.05, 3.63) is 29.8 Å². The molecule has 0 N–H and O–H groups in total. The molecule has 0 aliphatic carbocycles. The van der Waals surface area contributed by atoms with E-state index in [1.807, 2.05) is 18.2 Å². The van der Waals surface area contributed by atoms with Crippen LogP contribution in [0.15, 0.2) is 24.3 Å². The fourth-order valence-corrected chi connectivity index (χ4v) is 4.09. The minimum Gasteiger partial charge on any atom is -0.496 e. The van der Waals surface area contributed by atoms with Crippen LogP contribution in [0.5, 0.6) is 5.75 Å². The van der Waals surface area contributed by atoms with Crippen molar-refractivity contribution in [3.63, 3.8) is 0 Å². The zero-order chi connectivity index (χ0) is 16.7. The molecule has 1 fully saturated rings. The highest BCUT2D eigenvalue weighted by Crippen LogP contribution is 2.18. The van der Waals surface area contributed by atoms with Crippen LogP contribution >= 0.6 is 0 Å². The predicted molar refractivity (Wildman–Crippen MR) is 90.4 cm³/mol. The molecule has 0 saturated carbocycles. The smallest absolute Gasteiger partial charge is 0.216 e. The van der Waals surface area contributed by atoms with Crippen LogP contribution in [0.4, 0.5) is 0 Å². The zero-order valence-electron chi connectivity index (χ0n) is 13.9. The van der Waals surface area contributed by atoms with Gasteiger partial charge < -0.3 is 14.4 Å². The van der Waals surface area contributed by atoms with Gasteiger partial charge in [-0.15, -0.1) is 0 Å². The number of nitrogens with zero attached hydrogens (tertiary/aromatic N) is 2. The minimum atomic E-state index is -3.19. The van der Waals surface area contributed by atoms with Crippen LogP contribution < -0.4 is 4.74 Å². The van der Waals surface area contributed by atoms with Crippen LogP contribution in [0, 0.1) is 0 Å². The molecular formula is C16H26N2O4S. The van der Waals surface area contributed by atoms with E-state index in [1.54, 1.807) is 11.4 Å². The van der Waals surface area contributed by atoms with E-state index in [-0.39, 0.29) is 12.4 Å². The Morgan fingerprint density at radius 1 is 1.09 bits per heavy atom. The van der Waals surface area contributed by atoms with Crippen LogP contribution in [0.25, 0.3) is 0 Å². The average molecular weight is 342 g/mol. The fraction of sp³-hybridized carbons (Fsp3) is 0.625. The third-order valence-electron chi connectivity index (χ3n) is 4.16. The Labute approximate surface area is 139 Å². The second kappa shape index (κ2) is 8.63. The quantitative estimate of drug-likeness (QED) is 0.700. The van der Waals surface area contributed by atoms with Gasteiger partial charge in [0.25, 0.3) is 0 Å². The van der Waals surface area contributed by atoms with Gasteiger partial charge in [-0.1, -0.05) is 18.2 Å². The van der Waals surface area contributed by atoms with Crippen molar-refractivity contribution >= 4 is 10.0 Å². The van der Waals surface area contributed by atoms with Gasteiger partial charge in [0.2, 0.25) is 10.0 Å². The number of para-hydroxylation sites is 1. The van der Waals surface area contributed by atoms with Crippen molar-refractivity contribution in [2.75, 3.05) is 59.3 Å². The molecule has 130 valence electrons. The molecule has 0 atom stereocenters. The van der Waals surface area contributed by atoms with Gasteiger partial charge in [-0.05, 0) is 18.1 Å². The number of hydrogen-bond acceptors (Lipinski definition) is 5. The average Bonchev–Trinajstić information content (AvgIpc) is 2.59. The number of hydrogen-bond donors (Lipinski definition) is 0. The Hall–Kier alpha value is -1.15. The summed E-state index contributed by atoms with van der Waals surface area (Å²) < 4.78 is 36.1. The van der Waals surface area contributed by atoms with Crippen molar-refractivity contribution < 1.29 is 17.9 Å². The molecule has 0 aromatic heterocycles. The Morgan fingerprint density at radius 3 is 2.43 bits per heavy atom. The van der Waals surface area contributed by atoms with Gasteiger partial charge in [0.05, 0.1) is 19.5 Å². The van der Waals surface area contributed by atoms with E-state index >= 15 is 0 Å². The monoisotopic (exact) mass is 342 g/mol. The molecule has 6 nitrogen and oxygen atoms in total. The van der Waals surface area contributed by atoms with Crippen molar-refractivity contribution in [1.82, 2.24) is 9.21 Å². The molecule has 0 amide bonds. The van der Waals surface area contributed by atoms with Crippen molar-refractivity contribution in [2.45, 2.75) is 6.42 Å². The lowest BCUT2D eigenvalue weighted by Gasteiger charge is -2.34. The molecule has 0 spiro atoms. The molecule has 1 aliphatic rings. The van der Waals surface area contributed by atoms with Gasteiger partial charge >= 0.3 is 0 Å². The first-order valence-corrected chi connectivity index (χ1v) is 9.49. The molecular weight excluding hydrogens is 316 g/mol. The number of sulfonamides is 1. The largest absolute Gasteiger partial charge is 0.496 e. The summed E-state index contributed by atoms with van der Waals surface area (Å²) in [5.41, 5.74) is 1.19. The van der Waals surface area contributed by atoms with E-state index < -0.39 is 10.0 Å². The van der Waals surface area contributed by atoms with E-state index in [0.29, 0.717) is 13.1 Å². The summed E-state index contributed by atoms with van der Waals surface area (Å²) in [6.07, 6.45) is 0.903. The van der Waals surface area contributed by atoms with Crippen LogP contribution in [0.2, 0.25) is 0 Å². The summed E-state index contributed by atoms with van der Waals surface area (Å²) in [4.78, 5) is 2.30. The Morgan fingerprint density at radius 2 is 1.78 bits per heavy atom. The third-order valence-corrected chi connectivity index (χ3v) is 5.99. The number of rotatable bonds is 8. The number of ether oxygens (including phenoxy) is 2. The van der Waals surface area contributed by atoms with E-state index in [4.69, 9.17) is 9.47 Å². The van der Waals surface area contributed by atoms with Crippen molar-refractivity contribution in [3.8, 4) is 5.75 Å². The van der Waals surface area contributed by atoms with E-state index in [2.05, 4.69) is 11.0 Å². The highest BCUT2D eigenvalue weighted by Gasteiger charge is 2.26. The first kappa shape index (κ1) is 18.2. The first-order chi connectivity index (χ1) is 11.1. The number of piperazine rings is 1. The normalized spacial score (nSPS) is 17.3. The van der Waals surface area contributed by atoms with Gasteiger partial charge in [-0.25, -0.2) is 8.42 Å². The number of benzene rings is 1. The topological polar surface area (TPSA) is 59.1 Å². The maximum Gasteiger partial charge on any atom is 0.216 e. The van der Waals surface area contributed by atoms with Crippen molar-refractivity contribution in [1.29, 1.82) is 0 Å². The zero-order valence-corrected chi connectivity index (χ0v) is 14.7. The third kappa shape index (κ3) is 5.17. The van der Waals surface area contributed by atoms with E-state index in [9.17, 15) is 8.42 Å². The van der Waals surface area contributed by atoms with Gasteiger partial charge in [0, 0.05) is 39.8 Å². The fourth-order valence-electron chi connectivity index (χ4n) is 2.74. The van der Waals surface area contributed by atoms with Crippen LogP contribution in [-0.2, 0) is 21.2 Å². The summed E-state index contributed by atoms with van der Waals surface area (Å²) >= 11 is 0. The standard InChI is InChI=1S/C16H26N2O4S/c1-21-13-14-23(19,20)18-11-9-17(10-12-18)8-7-15-5-3-4-6-16(15)22-2/h3-6H,7-14H2,1-2H3. The molecule has 1 heterocycles. The maximum atomic E-state index is 12.1. The van der Waals surface area contributed by atoms with Gasteiger partial charge in [-0.3, -0.25) is 0 Å². The molecule has 1 aromatic rings. The molecule has 0 unspecified atom stereocenters. The van der Waals surface area contributed by atoms with Crippen LogP contribution in [0.1, 0.15) is 5.56 Å². The number of methoxy groups -OCH3 is 2. The molecule has 1 aliphatic heterocycles. The van der Waals surface area contributed by atoms with Crippen molar-refractivity contribution in [2.24, 2.45) is 0 Å². The summed E-state index contributed by atoms with van der Waals surface area (Å²) in [5, 5.41) is 0. The Balaban J connectivity index is 1.81. The van der Waals surface area contributed by atoms with Gasteiger partial charge in [0.15, 0.2) is 0 Å². The minimum absolute atomic E-state index is 0.0602. The second-order valence-electron chi connectivity index (χ2n) is 5.61. The lowest BCUT2D eigenvalue weighted by Crippen LogP contribution is -2.49. The predicted octanol–water partition coefficient (Wildman–Crippen LogP) is 0.832. The summed E-state index contributed by atoms with van der Waals surface area (Å²) in [5.74, 6) is 0.971. The molecule has 0 radical (unpaired) electrons. The summed E-state index contributed by atoms with van der Waals surface area (Å²) in [6.45, 7) is 3.79. The van der Waals surface area contributed by atoms with Crippen LogP contribution in [0.3, 0.4) is 0 Å². The van der Waals surface area contributed by atoms with Gasteiger partial charge in [0.1, 0.15) is 5.75 Å². The molecule has 1 aromatic carbocycles. The lowest BCUT2D eigenvalue weighted by atomic mass is 10.1. The van der Waals surface area contributed by atoms with E-state index in [0.717, 1.165) is 31.8 Å². The lowest BCUT2D eigenvalue weighted by molar-refractivity contribution is 0.185. The van der Waals surface area contributed by atoms with E-state index in [1.165, 1.54) is 12.7 Å². The SMILES string of the molecule is COCCS(=O)(=O)N1CCN(CCc2ccccc2OC)CC1.